The zero-order valence-electron chi connectivity index (χ0n) is 6.41. The Hall–Kier alpha value is 1.70. The molecule has 0 aliphatic carbocycles. The first-order chi connectivity index (χ1) is 3.89. The summed E-state index contributed by atoms with van der Waals surface area (Å²) in [5.41, 5.74) is 0. The second-order valence-corrected chi connectivity index (χ2v) is 2.16. The van der Waals surface area contributed by atoms with Crippen LogP contribution in [0.3, 0.4) is 0 Å². The van der Waals surface area contributed by atoms with Gasteiger partial charge in [-0.3, -0.25) is 4.79 Å². The van der Waals surface area contributed by atoms with Gasteiger partial charge in [-0.05, 0) is 12.8 Å². The molecule has 0 unspecified atom stereocenters. The summed E-state index contributed by atoms with van der Waals surface area (Å²) in [7, 11) is 0. The first-order valence-electron chi connectivity index (χ1n) is 3.16. The van der Waals surface area contributed by atoms with E-state index in [0.29, 0.717) is 0 Å². The average molecular weight is 391 g/mol. The van der Waals surface area contributed by atoms with Gasteiger partial charge in [0.15, 0.2) is 0 Å². The Kier molecular flexibility index (Phi) is 19.6. The van der Waals surface area contributed by atoms with Crippen molar-refractivity contribution in [2.75, 3.05) is 6.54 Å². The van der Waals surface area contributed by atoms with E-state index >= 15 is 0 Å². The minimum Gasteiger partial charge on any atom is -1.00 e. The van der Waals surface area contributed by atoms with E-state index in [1.165, 1.54) is 6.42 Å². The Morgan fingerprint density at radius 2 is 1.73 bits per heavy atom. The van der Waals surface area contributed by atoms with Crippen molar-refractivity contribution in [1.29, 1.82) is 0 Å². The van der Waals surface area contributed by atoms with Crippen LogP contribution in [0.5, 0.6) is 0 Å². The molecule has 5 heteroatoms. The summed E-state index contributed by atoms with van der Waals surface area (Å²) in [4.78, 5) is 10.6. The number of carbonyl (C=O) groups is 1. The van der Waals surface area contributed by atoms with Crippen LogP contribution in [0, 0.1) is 0 Å². The Labute approximate surface area is 118 Å². The molecule has 1 fully saturated rings. The number of nitrogens with one attached hydrogen (secondary N) is 1. The van der Waals surface area contributed by atoms with Crippen LogP contribution in [0.4, 0.5) is 0 Å². The molecule has 0 aromatic carbocycles. The van der Waals surface area contributed by atoms with E-state index in [1.807, 2.05) is 0 Å². The standard InChI is InChI=1S/C6H11NO.2HI.Mg/c8-6-4-2-1-3-5-7-6;;;/h1-5H2,(H,7,8);2*1H;/q;;;+2/p-2. The number of halogens is 2. The summed E-state index contributed by atoms with van der Waals surface area (Å²) in [6.07, 6.45) is 4.18. The summed E-state index contributed by atoms with van der Waals surface area (Å²) < 4.78 is 0. The number of hydrogen-bond acceptors (Lipinski definition) is 1. The Balaban J connectivity index is -0.000000213. The second kappa shape index (κ2) is 11.7. The van der Waals surface area contributed by atoms with Crippen molar-refractivity contribution in [1.82, 2.24) is 5.32 Å². The Bertz CT molecular complexity index is 92.6. The van der Waals surface area contributed by atoms with Crippen molar-refractivity contribution in [2.24, 2.45) is 0 Å². The van der Waals surface area contributed by atoms with Crippen LogP contribution >= 0.6 is 0 Å². The molecule has 1 rings (SSSR count). The zero-order chi connectivity index (χ0) is 5.82. The van der Waals surface area contributed by atoms with Crippen LogP contribution in [0.25, 0.3) is 0 Å². The zero-order valence-corrected chi connectivity index (χ0v) is 12.1. The summed E-state index contributed by atoms with van der Waals surface area (Å²) in [5.74, 6) is 0.225. The van der Waals surface area contributed by atoms with E-state index in [0.717, 1.165) is 25.8 Å². The van der Waals surface area contributed by atoms with Crippen LogP contribution in [-0.4, -0.2) is 35.5 Å². The van der Waals surface area contributed by atoms with Crippen LogP contribution in [0.1, 0.15) is 25.7 Å². The van der Waals surface area contributed by atoms with Gasteiger partial charge >= 0.3 is 23.1 Å². The van der Waals surface area contributed by atoms with Gasteiger partial charge in [-0.25, -0.2) is 0 Å². The maximum Gasteiger partial charge on any atom is 2.00 e. The molecule has 1 saturated heterocycles. The van der Waals surface area contributed by atoms with Gasteiger partial charge in [0.2, 0.25) is 5.91 Å². The van der Waals surface area contributed by atoms with E-state index in [1.54, 1.807) is 0 Å². The Morgan fingerprint density at radius 1 is 1.09 bits per heavy atom. The van der Waals surface area contributed by atoms with Crippen LogP contribution in [0.15, 0.2) is 0 Å². The van der Waals surface area contributed by atoms with Crippen LogP contribution in [-0.2, 0) is 4.79 Å². The van der Waals surface area contributed by atoms with E-state index in [9.17, 15) is 4.79 Å². The number of amides is 1. The minimum atomic E-state index is 0. The van der Waals surface area contributed by atoms with E-state index < -0.39 is 0 Å². The predicted molar refractivity (Wildman–Crippen MR) is 37.2 cm³/mol. The second-order valence-electron chi connectivity index (χ2n) is 2.16. The van der Waals surface area contributed by atoms with Crippen molar-refractivity contribution in [3.8, 4) is 0 Å². The maximum atomic E-state index is 10.6. The largest absolute Gasteiger partial charge is 2.00 e. The van der Waals surface area contributed by atoms with Gasteiger partial charge in [0.1, 0.15) is 0 Å². The van der Waals surface area contributed by atoms with E-state index in [4.69, 9.17) is 0 Å². The molecule has 11 heavy (non-hydrogen) atoms. The van der Waals surface area contributed by atoms with Gasteiger partial charge in [-0.15, -0.1) is 0 Å². The van der Waals surface area contributed by atoms with Crippen molar-refractivity contribution in [3.05, 3.63) is 0 Å². The SMILES string of the molecule is O=C1CCCCCN1.[I-].[I-].[Mg+2]. The molecule has 2 nitrogen and oxygen atoms in total. The van der Waals surface area contributed by atoms with Crippen molar-refractivity contribution < 1.29 is 52.7 Å². The average Bonchev–Trinajstić information content (AvgIpc) is 1.94. The molecule has 0 atom stereocenters. The van der Waals surface area contributed by atoms with Crippen molar-refractivity contribution in [3.63, 3.8) is 0 Å². The molecule has 62 valence electrons. The molecule has 0 saturated carbocycles. The molecule has 1 aliphatic rings. The minimum absolute atomic E-state index is 0. The molecule has 1 amide bonds. The third-order valence-electron chi connectivity index (χ3n) is 1.40. The normalized spacial score (nSPS) is 15.8. The number of carbonyl (C=O) groups excluding carboxylic acids is 1. The monoisotopic (exact) mass is 391 g/mol. The fraction of sp³-hybridized carbons (Fsp3) is 0.833. The first-order valence-corrected chi connectivity index (χ1v) is 3.16. The fourth-order valence-corrected chi connectivity index (χ4v) is 0.904. The van der Waals surface area contributed by atoms with Gasteiger partial charge in [0.25, 0.3) is 0 Å². The molecule has 0 aromatic rings. The fourth-order valence-electron chi connectivity index (χ4n) is 0.904. The van der Waals surface area contributed by atoms with Crippen molar-refractivity contribution in [2.45, 2.75) is 25.7 Å². The van der Waals surface area contributed by atoms with E-state index in [2.05, 4.69) is 5.32 Å². The quantitative estimate of drug-likeness (QED) is 0.324. The third-order valence-corrected chi connectivity index (χ3v) is 1.40. The van der Waals surface area contributed by atoms with Crippen LogP contribution < -0.4 is 53.3 Å². The van der Waals surface area contributed by atoms with Crippen molar-refractivity contribution >= 4 is 29.0 Å². The van der Waals surface area contributed by atoms with Crippen LogP contribution in [0.2, 0.25) is 0 Å². The van der Waals surface area contributed by atoms with Gasteiger partial charge < -0.3 is 53.3 Å². The molecule has 1 aliphatic heterocycles. The molecule has 1 N–H and O–H groups in total. The molecule has 0 bridgehead atoms. The van der Waals surface area contributed by atoms with Gasteiger partial charge in [0.05, 0.1) is 0 Å². The topological polar surface area (TPSA) is 29.1 Å². The molecule has 0 aromatic heterocycles. The summed E-state index contributed by atoms with van der Waals surface area (Å²) in [5, 5.41) is 2.81. The molecule has 1 heterocycles. The number of rotatable bonds is 0. The summed E-state index contributed by atoms with van der Waals surface area (Å²) in [6.45, 7) is 0.888. The van der Waals surface area contributed by atoms with Gasteiger partial charge in [-0.1, -0.05) is 6.42 Å². The smallest absolute Gasteiger partial charge is 1.00 e. The Morgan fingerprint density at radius 3 is 2.36 bits per heavy atom. The van der Waals surface area contributed by atoms with Gasteiger partial charge in [0, 0.05) is 13.0 Å². The molecule has 0 radical (unpaired) electrons. The predicted octanol–water partition coefficient (Wildman–Crippen LogP) is -5.70. The number of hydrogen-bond donors (Lipinski definition) is 1. The molecular formula is C6H11I2MgNO. The first kappa shape index (κ1) is 18.5. The van der Waals surface area contributed by atoms with E-state index in [-0.39, 0.29) is 76.9 Å². The third kappa shape index (κ3) is 9.61. The maximum absolute atomic E-state index is 10.6. The summed E-state index contributed by atoms with van der Waals surface area (Å²) >= 11 is 0. The molecular weight excluding hydrogens is 380 g/mol. The summed E-state index contributed by atoms with van der Waals surface area (Å²) in [6, 6.07) is 0. The van der Waals surface area contributed by atoms with Gasteiger partial charge in [-0.2, -0.15) is 0 Å². The molecule has 0 spiro atoms.